The summed E-state index contributed by atoms with van der Waals surface area (Å²) in [7, 11) is 0. The number of rotatable bonds is 3. The molecule has 0 radical (unpaired) electrons. The van der Waals surface area contributed by atoms with Crippen LogP contribution in [0.5, 0.6) is 0 Å². The second-order valence-electron chi connectivity index (χ2n) is 5.10. The molecule has 0 saturated carbocycles. The van der Waals surface area contributed by atoms with Gasteiger partial charge in [0.05, 0.1) is 0 Å². The van der Waals surface area contributed by atoms with Crippen molar-refractivity contribution in [2.75, 3.05) is 0 Å². The van der Waals surface area contributed by atoms with Crippen LogP contribution in [0.15, 0.2) is 54.6 Å². The minimum Gasteiger partial charge on any atom is -0.323 e. The normalized spacial score (nSPS) is 21.9. The molecule has 0 saturated heterocycles. The lowest BCUT2D eigenvalue weighted by atomic mass is 9.88. The molecule has 98 valence electrons. The van der Waals surface area contributed by atoms with Gasteiger partial charge in [0.25, 0.3) is 0 Å². The van der Waals surface area contributed by atoms with Crippen LogP contribution in [0.1, 0.15) is 29.2 Å². The summed E-state index contributed by atoms with van der Waals surface area (Å²) in [6.07, 6.45) is 2.35. The van der Waals surface area contributed by atoms with E-state index in [2.05, 4.69) is 54.6 Å². The molecule has 2 unspecified atom stereocenters. The second kappa shape index (κ2) is 5.81. The van der Waals surface area contributed by atoms with Crippen LogP contribution in [0.4, 0.5) is 0 Å². The first-order chi connectivity index (χ1) is 9.34. The summed E-state index contributed by atoms with van der Waals surface area (Å²) in [5.41, 5.74) is 10.6. The predicted octanol–water partition coefficient (Wildman–Crippen LogP) is 3.93. The predicted molar refractivity (Wildman–Crippen MR) is 83.2 cm³/mol. The van der Waals surface area contributed by atoms with E-state index in [1.807, 2.05) is 11.8 Å². The highest BCUT2D eigenvalue weighted by Crippen LogP contribution is 2.36. The van der Waals surface area contributed by atoms with Gasteiger partial charge in [0, 0.05) is 17.0 Å². The average molecular weight is 269 g/mol. The summed E-state index contributed by atoms with van der Waals surface area (Å²) in [6, 6.07) is 19.5. The number of fused-ring (bicyclic) bond motifs is 1. The van der Waals surface area contributed by atoms with Crippen LogP contribution < -0.4 is 5.73 Å². The summed E-state index contributed by atoms with van der Waals surface area (Å²) in [5, 5.41) is 0.537. The summed E-state index contributed by atoms with van der Waals surface area (Å²) >= 11 is 2.00. The molecule has 19 heavy (non-hydrogen) atoms. The van der Waals surface area contributed by atoms with Gasteiger partial charge in [0.15, 0.2) is 0 Å². The highest BCUT2D eigenvalue weighted by molar-refractivity contribution is 7.99. The maximum atomic E-state index is 6.43. The van der Waals surface area contributed by atoms with E-state index in [-0.39, 0.29) is 6.04 Å². The number of nitrogens with two attached hydrogens (primary N) is 1. The first kappa shape index (κ1) is 12.8. The molecule has 0 spiro atoms. The van der Waals surface area contributed by atoms with Gasteiger partial charge in [0.1, 0.15) is 0 Å². The second-order valence-corrected chi connectivity index (χ2v) is 6.33. The van der Waals surface area contributed by atoms with E-state index in [9.17, 15) is 0 Å². The first-order valence-corrected chi connectivity index (χ1v) is 7.88. The zero-order chi connectivity index (χ0) is 13.1. The lowest BCUT2D eigenvalue weighted by Gasteiger charge is -2.30. The smallest absolute Gasteiger partial charge is 0.0418 e. The highest BCUT2D eigenvalue weighted by atomic mass is 32.2. The maximum Gasteiger partial charge on any atom is 0.0418 e. The van der Waals surface area contributed by atoms with Crippen molar-refractivity contribution >= 4 is 11.8 Å². The van der Waals surface area contributed by atoms with Gasteiger partial charge in [-0.2, -0.15) is 11.8 Å². The van der Waals surface area contributed by atoms with Gasteiger partial charge < -0.3 is 5.73 Å². The zero-order valence-corrected chi connectivity index (χ0v) is 11.8. The van der Waals surface area contributed by atoms with Crippen LogP contribution in [0, 0.1) is 0 Å². The Kier molecular flexibility index (Phi) is 3.90. The van der Waals surface area contributed by atoms with E-state index in [0.717, 1.165) is 12.2 Å². The molecule has 2 heteroatoms. The summed E-state index contributed by atoms with van der Waals surface area (Å²) in [6.45, 7) is 0. The molecule has 0 bridgehead atoms. The molecule has 0 heterocycles. The van der Waals surface area contributed by atoms with E-state index in [1.165, 1.54) is 23.1 Å². The fourth-order valence-electron chi connectivity index (χ4n) is 2.73. The highest BCUT2D eigenvalue weighted by Gasteiger charge is 2.26. The van der Waals surface area contributed by atoms with Crippen molar-refractivity contribution in [3.05, 3.63) is 71.3 Å². The molecule has 0 amide bonds. The largest absolute Gasteiger partial charge is 0.323 e. The number of hydrogen-bond acceptors (Lipinski definition) is 2. The van der Waals surface area contributed by atoms with Crippen LogP contribution in [-0.4, -0.2) is 5.25 Å². The standard InChI is InChI=1S/C17H19NS/c18-17-15-9-5-4-8-14(15)10-11-16(17)19-12-13-6-2-1-3-7-13/h1-9,16-17H,10-12,18H2. The summed E-state index contributed by atoms with van der Waals surface area (Å²) in [5.74, 6) is 1.06. The Balaban J connectivity index is 1.68. The van der Waals surface area contributed by atoms with E-state index in [4.69, 9.17) is 5.73 Å². The van der Waals surface area contributed by atoms with Gasteiger partial charge in [-0.15, -0.1) is 0 Å². The number of benzene rings is 2. The molecule has 1 nitrogen and oxygen atoms in total. The summed E-state index contributed by atoms with van der Waals surface area (Å²) < 4.78 is 0. The molecular formula is C17H19NS. The maximum absolute atomic E-state index is 6.43. The lowest BCUT2D eigenvalue weighted by molar-refractivity contribution is 0.586. The number of thioether (sulfide) groups is 1. The zero-order valence-electron chi connectivity index (χ0n) is 11.0. The van der Waals surface area contributed by atoms with E-state index in [1.54, 1.807) is 0 Å². The Hall–Kier alpha value is -1.25. The van der Waals surface area contributed by atoms with Crippen molar-refractivity contribution in [2.24, 2.45) is 5.73 Å². The van der Waals surface area contributed by atoms with Crippen LogP contribution in [0.25, 0.3) is 0 Å². The first-order valence-electron chi connectivity index (χ1n) is 6.83. The third-order valence-corrected chi connectivity index (χ3v) is 5.28. The lowest BCUT2D eigenvalue weighted by Crippen LogP contribution is -2.29. The molecule has 2 atom stereocenters. The van der Waals surface area contributed by atoms with Crippen molar-refractivity contribution in [3.63, 3.8) is 0 Å². The Morgan fingerprint density at radius 2 is 1.74 bits per heavy atom. The van der Waals surface area contributed by atoms with Crippen LogP contribution in [0.3, 0.4) is 0 Å². The van der Waals surface area contributed by atoms with Gasteiger partial charge >= 0.3 is 0 Å². The topological polar surface area (TPSA) is 26.0 Å². The quantitative estimate of drug-likeness (QED) is 0.913. The van der Waals surface area contributed by atoms with Gasteiger partial charge in [-0.05, 0) is 29.5 Å². The summed E-state index contributed by atoms with van der Waals surface area (Å²) in [4.78, 5) is 0. The van der Waals surface area contributed by atoms with Gasteiger partial charge in [-0.1, -0.05) is 54.6 Å². The minimum absolute atomic E-state index is 0.179. The molecule has 0 aromatic heterocycles. The van der Waals surface area contributed by atoms with Crippen molar-refractivity contribution in [3.8, 4) is 0 Å². The van der Waals surface area contributed by atoms with E-state index < -0.39 is 0 Å². The molecule has 0 fully saturated rings. The van der Waals surface area contributed by atoms with Crippen LogP contribution >= 0.6 is 11.8 Å². The third-order valence-electron chi connectivity index (χ3n) is 3.82. The molecule has 2 aromatic rings. The van der Waals surface area contributed by atoms with Gasteiger partial charge in [0.2, 0.25) is 0 Å². The molecule has 3 rings (SSSR count). The Morgan fingerprint density at radius 3 is 2.58 bits per heavy atom. The van der Waals surface area contributed by atoms with Crippen molar-refractivity contribution < 1.29 is 0 Å². The SMILES string of the molecule is NC1c2ccccc2CCC1SCc1ccccc1. The Bertz CT molecular complexity index is 538. The average Bonchev–Trinajstić information content (AvgIpc) is 2.48. The fourth-order valence-corrected chi connectivity index (χ4v) is 3.97. The van der Waals surface area contributed by atoms with Crippen molar-refractivity contribution in [1.29, 1.82) is 0 Å². The van der Waals surface area contributed by atoms with Crippen molar-refractivity contribution in [2.45, 2.75) is 29.9 Å². The van der Waals surface area contributed by atoms with E-state index >= 15 is 0 Å². The van der Waals surface area contributed by atoms with Crippen LogP contribution in [-0.2, 0) is 12.2 Å². The fraction of sp³-hybridized carbons (Fsp3) is 0.294. The molecule has 1 aliphatic rings. The van der Waals surface area contributed by atoms with Gasteiger partial charge in [-0.3, -0.25) is 0 Å². The van der Waals surface area contributed by atoms with Crippen molar-refractivity contribution in [1.82, 2.24) is 0 Å². The van der Waals surface area contributed by atoms with Crippen LogP contribution in [0.2, 0.25) is 0 Å². The van der Waals surface area contributed by atoms with Gasteiger partial charge in [-0.25, -0.2) is 0 Å². The Morgan fingerprint density at radius 1 is 1.00 bits per heavy atom. The molecule has 1 aliphatic carbocycles. The third kappa shape index (κ3) is 2.85. The Labute approximate surface area is 119 Å². The molecule has 0 aliphatic heterocycles. The monoisotopic (exact) mass is 269 g/mol. The number of aryl methyl sites for hydroxylation is 1. The van der Waals surface area contributed by atoms with E-state index in [0.29, 0.717) is 5.25 Å². The molecule has 2 aromatic carbocycles. The molecule has 2 N–H and O–H groups in total. The minimum atomic E-state index is 0.179. The number of hydrogen-bond donors (Lipinski definition) is 1. The molecular weight excluding hydrogens is 250 g/mol.